The first kappa shape index (κ1) is 17.9. The van der Waals surface area contributed by atoms with Gasteiger partial charge >= 0.3 is 6.03 Å². The Balaban J connectivity index is 1.58. The molecule has 0 aromatic heterocycles. The third-order valence-corrected chi connectivity index (χ3v) is 4.66. The van der Waals surface area contributed by atoms with Gasteiger partial charge in [0.05, 0.1) is 14.2 Å². The van der Waals surface area contributed by atoms with Crippen molar-refractivity contribution in [1.82, 2.24) is 4.90 Å². The molecular weight excluding hydrogens is 330 g/mol. The summed E-state index contributed by atoms with van der Waals surface area (Å²) in [6.45, 7) is 4.90. The molecule has 0 atom stereocenters. The van der Waals surface area contributed by atoms with Crippen LogP contribution in [-0.4, -0.2) is 51.3 Å². The maximum absolute atomic E-state index is 12.6. The summed E-state index contributed by atoms with van der Waals surface area (Å²) in [5.74, 6) is 1.63. The number of carbonyl (C=O) groups excluding carboxylic acids is 1. The predicted molar refractivity (Wildman–Crippen MR) is 104 cm³/mol. The summed E-state index contributed by atoms with van der Waals surface area (Å²) in [6, 6.07) is 13.6. The second-order valence-corrected chi connectivity index (χ2v) is 6.29. The van der Waals surface area contributed by atoms with E-state index in [0.717, 1.165) is 41.5 Å². The van der Waals surface area contributed by atoms with E-state index in [0.29, 0.717) is 13.1 Å². The van der Waals surface area contributed by atoms with E-state index in [-0.39, 0.29) is 6.03 Å². The van der Waals surface area contributed by atoms with E-state index in [9.17, 15) is 4.79 Å². The Hall–Kier alpha value is -2.89. The number of amides is 2. The van der Waals surface area contributed by atoms with E-state index in [1.807, 2.05) is 48.2 Å². The van der Waals surface area contributed by atoms with Crippen LogP contribution in [-0.2, 0) is 0 Å². The first-order chi connectivity index (χ1) is 12.6. The van der Waals surface area contributed by atoms with Crippen molar-refractivity contribution in [2.75, 3.05) is 50.6 Å². The topological polar surface area (TPSA) is 54.0 Å². The van der Waals surface area contributed by atoms with Crippen molar-refractivity contribution < 1.29 is 14.3 Å². The lowest BCUT2D eigenvalue weighted by atomic mass is 10.2. The molecule has 1 aliphatic rings. The lowest BCUT2D eigenvalue weighted by Crippen LogP contribution is -2.50. The number of nitrogens with one attached hydrogen (secondary N) is 1. The summed E-state index contributed by atoms with van der Waals surface area (Å²) >= 11 is 0. The molecule has 0 aliphatic carbocycles. The maximum atomic E-state index is 12.6. The minimum absolute atomic E-state index is 0.0661. The van der Waals surface area contributed by atoms with Crippen molar-refractivity contribution in [3.8, 4) is 11.5 Å². The zero-order valence-electron chi connectivity index (χ0n) is 15.5. The Bertz CT molecular complexity index is 771. The maximum Gasteiger partial charge on any atom is 0.321 e. The fourth-order valence-corrected chi connectivity index (χ4v) is 3.07. The van der Waals surface area contributed by atoms with Gasteiger partial charge in [0.25, 0.3) is 0 Å². The van der Waals surface area contributed by atoms with Crippen LogP contribution in [0.1, 0.15) is 5.56 Å². The van der Waals surface area contributed by atoms with Crippen molar-refractivity contribution in [1.29, 1.82) is 0 Å². The molecule has 2 aromatic carbocycles. The number of urea groups is 1. The smallest absolute Gasteiger partial charge is 0.321 e. The molecule has 138 valence electrons. The molecule has 6 nitrogen and oxygen atoms in total. The Labute approximate surface area is 154 Å². The highest BCUT2D eigenvalue weighted by Gasteiger charge is 2.22. The number of methoxy groups -OCH3 is 2. The quantitative estimate of drug-likeness (QED) is 0.914. The lowest BCUT2D eigenvalue weighted by molar-refractivity contribution is 0.208. The lowest BCUT2D eigenvalue weighted by Gasteiger charge is -2.36. The summed E-state index contributed by atoms with van der Waals surface area (Å²) in [5.41, 5.74) is 2.91. The second-order valence-electron chi connectivity index (χ2n) is 6.29. The van der Waals surface area contributed by atoms with Gasteiger partial charge in [0.1, 0.15) is 11.5 Å². The highest BCUT2D eigenvalue weighted by atomic mass is 16.5. The number of hydrogen-bond donors (Lipinski definition) is 1. The van der Waals surface area contributed by atoms with Gasteiger partial charge in [-0.3, -0.25) is 0 Å². The number of rotatable bonds is 4. The molecule has 0 spiro atoms. The standard InChI is InChI=1S/C20H25N3O3/c1-15-13-18(26-3)7-8-19(15)21-20(24)23-11-9-22(10-12-23)16-5-4-6-17(14-16)25-2/h4-8,13-14H,9-12H2,1-3H3,(H,21,24). The van der Waals surface area contributed by atoms with Gasteiger partial charge in [0, 0.05) is 43.6 Å². The Morgan fingerprint density at radius 3 is 2.31 bits per heavy atom. The van der Waals surface area contributed by atoms with Crippen LogP contribution < -0.4 is 19.7 Å². The van der Waals surface area contributed by atoms with Crippen LogP contribution in [0.2, 0.25) is 0 Å². The third kappa shape index (κ3) is 4.02. The largest absolute Gasteiger partial charge is 0.497 e. The van der Waals surface area contributed by atoms with Crippen LogP contribution in [0.4, 0.5) is 16.2 Å². The summed E-state index contributed by atoms with van der Waals surface area (Å²) < 4.78 is 10.5. The van der Waals surface area contributed by atoms with Crippen LogP contribution in [0.3, 0.4) is 0 Å². The summed E-state index contributed by atoms with van der Waals surface area (Å²) in [4.78, 5) is 16.7. The number of carbonyl (C=O) groups is 1. The molecule has 1 aliphatic heterocycles. The first-order valence-electron chi connectivity index (χ1n) is 8.70. The molecular formula is C20H25N3O3. The molecule has 2 amide bonds. The van der Waals surface area contributed by atoms with Gasteiger partial charge in [0.2, 0.25) is 0 Å². The Kier molecular flexibility index (Phi) is 5.51. The van der Waals surface area contributed by atoms with E-state index in [1.54, 1.807) is 14.2 Å². The fraction of sp³-hybridized carbons (Fsp3) is 0.350. The Morgan fingerprint density at radius 2 is 1.65 bits per heavy atom. The summed E-state index contributed by atoms with van der Waals surface area (Å²) in [7, 11) is 3.30. The second kappa shape index (κ2) is 7.99. The average Bonchev–Trinajstić information content (AvgIpc) is 2.69. The molecule has 1 saturated heterocycles. The van der Waals surface area contributed by atoms with Crippen molar-refractivity contribution in [2.24, 2.45) is 0 Å². The summed E-state index contributed by atoms with van der Waals surface area (Å²) in [5, 5.41) is 3.00. The number of ether oxygens (including phenoxy) is 2. The van der Waals surface area contributed by atoms with Crippen molar-refractivity contribution in [3.05, 3.63) is 48.0 Å². The third-order valence-electron chi connectivity index (χ3n) is 4.66. The molecule has 1 heterocycles. The highest BCUT2D eigenvalue weighted by molar-refractivity contribution is 5.90. The van der Waals surface area contributed by atoms with Gasteiger partial charge in [-0.2, -0.15) is 0 Å². The van der Waals surface area contributed by atoms with Crippen molar-refractivity contribution >= 4 is 17.4 Å². The van der Waals surface area contributed by atoms with Crippen molar-refractivity contribution in [2.45, 2.75) is 6.92 Å². The van der Waals surface area contributed by atoms with Crippen LogP contribution in [0, 0.1) is 6.92 Å². The normalized spacial score (nSPS) is 14.1. The van der Waals surface area contributed by atoms with Gasteiger partial charge in [0.15, 0.2) is 0 Å². The molecule has 0 bridgehead atoms. The van der Waals surface area contributed by atoms with E-state index < -0.39 is 0 Å². The van der Waals surface area contributed by atoms with Crippen LogP contribution in [0.25, 0.3) is 0 Å². The zero-order valence-corrected chi connectivity index (χ0v) is 15.5. The number of piperazine rings is 1. The molecule has 6 heteroatoms. The van der Waals surface area contributed by atoms with Crippen molar-refractivity contribution in [3.63, 3.8) is 0 Å². The van der Waals surface area contributed by atoms with Gasteiger partial charge in [-0.1, -0.05) is 6.07 Å². The van der Waals surface area contributed by atoms with Gasteiger partial charge in [-0.05, 0) is 42.8 Å². The molecule has 0 saturated carbocycles. The van der Waals surface area contributed by atoms with E-state index in [1.165, 1.54) is 0 Å². The number of anilines is 2. The van der Waals surface area contributed by atoms with Crippen LogP contribution in [0.5, 0.6) is 11.5 Å². The summed E-state index contributed by atoms with van der Waals surface area (Å²) in [6.07, 6.45) is 0. The minimum Gasteiger partial charge on any atom is -0.497 e. The number of hydrogen-bond acceptors (Lipinski definition) is 4. The minimum atomic E-state index is -0.0661. The Morgan fingerprint density at radius 1 is 0.962 bits per heavy atom. The average molecular weight is 355 g/mol. The molecule has 3 rings (SSSR count). The molecule has 26 heavy (non-hydrogen) atoms. The van der Waals surface area contributed by atoms with Gasteiger partial charge < -0.3 is 24.6 Å². The number of benzene rings is 2. The zero-order chi connectivity index (χ0) is 18.5. The monoisotopic (exact) mass is 355 g/mol. The molecule has 2 aromatic rings. The molecule has 0 radical (unpaired) electrons. The van der Waals surface area contributed by atoms with Gasteiger partial charge in [-0.15, -0.1) is 0 Å². The first-order valence-corrected chi connectivity index (χ1v) is 8.70. The fourth-order valence-electron chi connectivity index (χ4n) is 3.07. The molecule has 1 N–H and O–H groups in total. The molecule has 0 unspecified atom stereocenters. The molecule has 1 fully saturated rings. The predicted octanol–water partition coefficient (Wildman–Crippen LogP) is 3.37. The van der Waals surface area contributed by atoms with E-state index in [2.05, 4.69) is 16.3 Å². The van der Waals surface area contributed by atoms with E-state index >= 15 is 0 Å². The van der Waals surface area contributed by atoms with E-state index in [4.69, 9.17) is 9.47 Å². The van der Waals surface area contributed by atoms with Crippen LogP contribution in [0.15, 0.2) is 42.5 Å². The number of aryl methyl sites for hydroxylation is 1. The number of nitrogens with zero attached hydrogens (tertiary/aromatic N) is 2. The van der Waals surface area contributed by atoms with Crippen LogP contribution >= 0.6 is 0 Å². The highest BCUT2D eigenvalue weighted by Crippen LogP contribution is 2.23. The SMILES string of the molecule is COc1cccc(N2CCN(C(=O)Nc3ccc(OC)cc3C)CC2)c1. The van der Waals surface area contributed by atoms with Gasteiger partial charge in [-0.25, -0.2) is 4.79 Å².